The Kier molecular flexibility index (Phi) is 5.81. The van der Waals surface area contributed by atoms with Gasteiger partial charge in [0.1, 0.15) is 0 Å². The van der Waals surface area contributed by atoms with Crippen molar-refractivity contribution in [3.8, 4) is 0 Å². The summed E-state index contributed by atoms with van der Waals surface area (Å²) in [5.74, 6) is 0. The summed E-state index contributed by atoms with van der Waals surface area (Å²) in [7, 11) is -4.02. The highest BCUT2D eigenvalue weighted by atomic mass is 35.5. The lowest BCUT2D eigenvalue weighted by Crippen LogP contribution is -2.31. The predicted molar refractivity (Wildman–Crippen MR) is 70.2 cm³/mol. The number of benzene rings is 1. The van der Waals surface area contributed by atoms with Gasteiger partial charge in [-0.15, -0.1) is 0 Å². The third-order valence-electron chi connectivity index (χ3n) is 2.35. The monoisotopic (exact) mass is 330 g/mol. The van der Waals surface area contributed by atoms with Crippen LogP contribution in [-0.4, -0.2) is 28.1 Å². The van der Waals surface area contributed by atoms with Crippen LogP contribution in [0, 0.1) is 0 Å². The quantitative estimate of drug-likeness (QED) is 0.787. The summed E-state index contributed by atoms with van der Waals surface area (Å²) < 4.78 is 63.7. The van der Waals surface area contributed by atoms with E-state index in [1.165, 1.54) is 0 Å². The Morgan fingerprint density at radius 1 is 1.20 bits per heavy atom. The molecule has 0 atom stereocenters. The van der Waals surface area contributed by atoms with Gasteiger partial charge in [-0.2, -0.15) is 13.2 Å². The minimum atomic E-state index is -4.65. The van der Waals surface area contributed by atoms with E-state index < -0.39 is 26.7 Å². The van der Waals surface area contributed by atoms with Gasteiger partial charge in [0.2, 0.25) is 10.0 Å². The second-order valence-electron chi connectivity index (χ2n) is 3.92. The van der Waals surface area contributed by atoms with E-state index in [4.69, 9.17) is 11.6 Å². The molecule has 9 heteroatoms. The van der Waals surface area contributed by atoms with Crippen LogP contribution in [0.1, 0.15) is 12.5 Å². The fourth-order valence-corrected chi connectivity index (χ4v) is 2.82. The number of nitrogens with one attached hydrogen (secondary N) is 2. The molecule has 0 unspecified atom stereocenters. The van der Waals surface area contributed by atoms with Gasteiger partial charge in [-0.25, -0.2) is 13.1 Å². The van der Waals surface area contributed by atoms with E-state index in [-0.39, 0.29) is 11.6 Å². The highest BCUT2D eigenvalue weighted by Crippen LogP contribution is 2.32. The Balaban J connectivity index is 2.98. The molecule has 0 saturated carbocycles. The summed E-state index contributed by atoms with van der Waals surface area (Å²) in [5, 5.41) is 2.60. The van der Waals surface area contributed by atoms with Crippen LogP contribution in [0.4, 0.5) is 13.2 Å². The number of rotatable bonds is 6. The van der Waals surface area contributed by atoms with Gasteiger partial charge >= 0.3 is 6.18 Å². The minimum absolute atomic E-state index is 0.0735. The fourth-order valence-electron chi connectivity index (χ4n) is 1.42. The third-order valence-corrected chi connectivity index (χ3v) is 4.01. The summed E-state index contributed by atoms with van der Waals surface area (Å²) in [5.41, 5.74) is -1.10. The normalized spacial score (nSPS) is 12.7. The van der Waals surface area contributed by atoms with Crippen molar-refractivity contribution in [1.29, 1.82) is 0 Å². The molecule has 1 aromatic rings. The Hall–Kier alpha value is -0.830. The molecule has 1 aromatic carbocycles. The number of alkyl halides is 3. The molecule has 0 aliphatic rings. The van der Waals surface area contributed by atoms with Crippen molar-refractivity contribution in [1.82, 2.24) is 10.0 Å². The molecule has 0 aromatic heterocycles. The first-order chi connectivity index (χ1) is 9.16. The summed E-state index contributed by atoms with van der Waals surface area (Å²) in [6, 6.07) is 2.22. The van der Waals surface area contributed by atoms with Gasteiger partial charge in [0.25, 0.3) is 0 Å². The minimum Gasteiger partial charge on any atom is -0.316 e. The van der Waals surface area contributed by atoms with E-state index in [0.717, 1.165) is 6.07 Å². The van der Waals surface area contributed by atoms with Gasteiger partial charge in [0.05, 0.1) is 10.5 Å². The summed E-state index contributed by atoms with van der Waals surface area (Å²) in [4.78, 5) is -0.506. The molecular weight excluding hydrogens is 317 g/mol. The first-order valence-electron chi connectivity index (χ1n) is 5.75. The molecule has 0 fully saturated rings. The molecule has 0 spiro atoms. The van der Waals surface area contributed by atoms with Crippen LogP contribution in [0.3, 0.4) is 0 Å². The maximum atomic E-state index is 12.6. The standard InChI is InChI=1S/C11H14ClF3N2O2S/c1-2-16-3-4-17-20(18,19)10-6-8(11(13,14)15)5-9(12)7-10/h5-7,16-17H,2-4H2,1H3. The van der Waals surface area contributed by atoms with Crippen LogP contribution < -0.4 is 10.0 Å². The first-order valence-corrected chi connectivity index (χ1v) is 7.61. The smallest absolute Gasteiger partial charge is 0.316 e. The molecule has 0 aliphatic carbocycles. The highest BCUT2D eigenvalue weighted by Gasteiger charge is 2.32. The van der Waals surface area contributed by atoms with E-state index in [1.54, 1.807) is 0 Å². The average Bonchev–Trinajstić information content (AvgIpc) is 2.33. The van der Waals surface area contributed by atoms with Gasteiger partial charge < -0.3 is 5.32 Å². The molecule has 2 N–H and O–H groups in total. The van der Waals surface area contributed by atoms with Gasteiger partial charge in [0.15, 0.2) is 0 Å². The fraction of sp³-hybridized carbons (Fsp3) is 0.455. The summed E-state index contributed by atoms with van der Waals surface area (Å²) in [6.45, 7) is 2.96. The van der Waals surface area contributed by atoms with E-state index in [0.29, 0.717) is 25.2 Å². The van der Waals surface area contributed by atoms with Crippen LogP contribution in [0.2, 0.25) is 5.02 Å². The van der Waals surface area contributed by atoms with Crippen molar-refractivity contribution >= 4 is 21.6 Å². The van der Waals surface area contributed by atoms with Crippen molar-refractivity contribution in [3.63, 3.8) is 0 Å². The SMILES string of the molecule is CCNCCNS(=O)(=O)c1cc(Cl)cc(C(F)(F)F)c1. The lowest BCUT2D eigenvalue weighted by molar-refractivity contribution is -0.137. The number of hydrogen-bond acceptors (Lipinski definition) is 3. The van der Waals surface area contributed by atoms with Crippen molar-refractivity contribution in [2.75, 3.05) is 19.6 Å². The van der Waals surface area contributed by atoms with Crippen molar-refractivity contribution in [2.24, 2.45) is 0 Å². The third kappa shape index (κ3) is 4.93. The van der Waals surface area contributed by atoms with E-state index in [1.807, 2.05) is 6.92 Å². The number of hydrogen-bond donors (Lipinski definition) is 2. The molecule has 4 nitrogen and oxygen atoms in total. The van der Waals surface area contributed by atoms with Crippen molar-refractivity contribution in [2.45, 2.75) is 18.0 Å². The zero-order valence-electron chi connectivity index (χ0n) is 10.6. The largest absolute Gasteiger partial charge is 0.416 e. The molecular formula is C11H14ClF3N2O2S. The van der Waals surface area contributed by atoms with Crippen LogP contribution in [0.25, 0.3) is 0 Å². The zero-order valence-corrected chi connectivity index (χ0v) is 12.2. The van der Waals surface area contributed by atoms with Crippen LogP contribution in [0.5, 0.6) is 0 Å². The summed E-state index contributed by atoms with van der Waals surface area (Å²) >= 11 is 5.54. The molecule has 0 aliphatic heterocycles. The molecule has 114 valence electrons. The Labute approximate surface area is 120 Å². The van der Waals surface area contributed by atoms with E-state index in [9.17, 15) is 21.6 Å². The number of halogens is 4. The second-order valence-corrected chi connectivity index (χ2v) is 6.13. The van der Waals surface area contributed by atoms with Crippen LogP contribution in [0.15, 0.2) is 23.1 Å². The van der Waals surface area contributed by atoms with Crippen molar-refractivity contribution < 1.29 is 21.6 Å². The van der Waals surface area contributed by atoms with E-state index >= 15 is 0 Å². The molecule has 1 rings (SSSR count). The molecule has 0 radical (unpaired) electrons. The average molecular weight is 331 g/mol. The first kappa shape index (κ1) is 17.2. The Morgan fingerprint density at radius 2 is 1.85 bits per heavy atom. The van der Waals surface area contributed by atoms with E-state index in [2.05, 4.69) is 10.0 Å². The van der Waals surface area contributed by atoms with Gasteiger partial charge in [-0.05, 0) is 24.7 Å². The Bertz CT molecular complexity index is 561. The highest BCUT2D eigenvalue weighted by molar-refractivity contribution is 7.89. The molecule has 20 heavy (non-hydrogen) atoms. The lowest BCUT2D eigenvalue weighted by Gasteiger charge is -2.11. The van der Waals surface area contributed by atoms with Gasteiger partial charge in [-0.1, -0.05) is 18.5 Å². The maximum Gasteiger partial charge on any atom is 0.416 e. The summed E-state index contributed by atoms with van der Waals surface area (Å²) in [6.07, 6.45) is -4.65. The lowest BCUT2D eigenvalue weighted by atomic mass is 10.2. The van der Waals surface area contributed by atoms with Gasteiger partial charge in [0, 0.05) is 18.1 Å². The van der Waals surface area contributed by atoms with Crippen LogP contribution in [-0.2, 0) is 16.2 Å². The molecule has 0 bridgehead atoms. The molecule has 0 saturated heterocycles. The van der Waals surface area contributed by atoms with Crippen LogP contribution >= 0.6 is 11.6 Å². The topological polar surface area (TPSA) is 58.2 Å². The zero-order chi connectivity index (χ0) is 15.4. The van der Waals surface area contributed by atoms with Crippen molar-refractivity contribution in [3.05, 3.63) is 28.8 Å². The number of sulfonamides is 1. The Morgan fingerprint density at radius 3 is 2.40 bits per heavy atom. The number of likely N-dealkylation sites (N-methyl/N-ethyl adjacent to an activating group) is 1. The second kappa shape index (κ2) is 6.75. The predicted octanol–water partition coefficient (Wildman–Crippen LogP) is 2.25. The molecule has 0 amide bonds. The molecule has 0 heterocycles. The maximum absolute atomic E-state index is 12.6. The van der Waals surface area contributed by atoms with Gasteiger partial charge in [-0.3, -0.25) is 0 Å².